The van der Waals surface area contributed by atoms with Crippen LogP contribution in [0.25, 0.3) is 0 Å². The van der Waals surface area contributed by atoms with Crippen molar-refractivity contribution in [3.8, 4) is 5.75 Å². The van der Waals surface area contributed by atoms with E-state index in [0.29, 0.717) is 13.2 Å². The van der Waals surface area contributed by atoms with Crippen LogP contribution in [0.15, 0.2) is 48.5 Å². The van der Waals surface area contributed by atoms with E-state index in [-0.39, 0.29) is 12.2 Å². The highest BCUT2D eigenvalue weighted by Crippen LogP contribution is 2.40. The van der Waals surface area contributed by atoms with Crippen molar-refractivity contribution in [3.05, 3.63) is 65.2 Å². The number of alkyl halides is 3. The molecular formula is C18H17F3O3. The molecule has 3 nitrogen and oxygen atoms in total. The van der Waals surface area contributed by atoms with Crippen LogP contribution in [-0.4, -0.2) is 19.8 Å². The Kier molecular flexibility index (Phi) is 4.78. The zero-order valence-electron chi connectivity index (χ0n) is 13.0. The first-order valence-corrected chi connectivity index (χ1v) is 7.50. The highest BCUT2D eigenvalue weighted by atomic mass is 19.4. The largest absolute Gasteiger partial charge is 0.497 e. The molecule has 0 amide bonds. The van der Waals surface area contributed by atoms with Gasteiger partial charge in [0.2, 0.25) is 0 Å². The standard InChI is InChI=1S/C18H17F3O3/c1-22-15-8-2-12(3-9-15)10-23-11-16-17(24-16)13-4-6-14(7-5-13)18(19,20)21/h2-9,16-17H,10-11H2,1H3/t16-,17+/m0/s1. The first kappa shape index (κ1) is 16.8. The summed E-state index contributed by atoms with van der Waals surface area (Å²) in [5, 5.41) is 0. The van der Waals surface area contributed by atoms with Gasteiger partial charge in [-0.25, -0.2) is 0 Å². The van der Waals surface area contributed by atoms with Crippen LogP contribution in [-0.2, 0) is 22.3 Å². The molecule has 0 aromatic heterocycles. The lowest BCUT2D eigenvalue weighted by Gasteiger charge is -2.06. The second-order valence-electron chi connectivity index (χ2n) is 5.58. The Balaban J connectivity index is 1.45. The molecule has 0 saturated carbocycles. The molecule has 2 aromatic carbocycles. The first-order chi connectivity index (χ1) is 11.5. The van der Waals surface area contributed by atoms with Gasteiger partial charge in [-0.3, -0.25) is 0 Å². The SMILES string of the molecule is COc1ccc(COC[C@@H]2O[C@@H]2c2ccc(C(F)(F)F)cc2)cc1. The van der Waals surface area contributed by atoms with Crippen LogP contribution in [0.2, 0.25) is 0 Å². The Morgan fingerprint density at radius 1 is 1.00 bits per heavy atom. The van der Waals surface area contributed by atoms with E-state index in [0.717, 1.165) is 29.0 Å². The van der Waals surface area contributed by atoms with Crippen LogP contribution in [0, 0.1) is 0 Å². The molecule has 0 N–H and O–H groups in total. The molecule has 0 aliphatic carbocycles. The summed E-state index contributed by atoms with van der Waals surface area (Å²) < 4.78 is 53.7. The van der Waals surface area contributed by atoms with Crippen molar-refractivity contribution in [3.63, 3.8) is 0 Å². The molecule has 1 heterocycles. The van der Waals surface area contributed by atoms with Gasteiger partial charge in [0.1, 0.15) is 18.0 Å². The van der Waals surface area contributed by atoms with Crippen LogP contribution in [0.4, 0.5) is 13.2 Å². The molecule has 128 valence electrons. The van der Waals surface area contributed by atoms with E-state index in [1.807, 2.05) is 24.3 Å². The predicted octanol–water partition coefficient (Wildman–Crippen LogP) is 4.37. The maximum absolute atomic E-state index is 12.5. The van der Waals surface area contributed by atoms with E-state index in [9.17, 15) is 13.2 Å². The zero-order valence-corrected chi connectivity index (χ0v) is 13.0. The number of halogens is 3. The number of hydrogen-bond acceptors (Lipinski definition) is 3. The minimum atomic E-state index is -4.32. The summed E-state index contributed by atoms with van der Waals surface area (Å²) in [6.07, 6.45) is -4.62. The van der Waals surface area contributed by atoms with Crippen molar-refractivity contribution in [2.75, 3.05) is 13.7 Å². The van der Waals surface area contributed by atoms with E-state index in [1.54, 1.807) is 7.11 Å². The van der Waals surface area contributed by atoms with E-state index < -0.39 is 11.7 Å². The van der Waals surface area contributed by atoms with Crippen LogP contribution in [0.1, 0.15) is 22.8 Å². The number of methoxy groups -OCH3 is 1. The Bertz CT molecular complexity index is 665. The highest BCUT2D eigenvalue weighted by molar-refractivity contribution is 5.29. The van der Waals surface area contributed by atoms with E-state index in [4.69, 9.17) is 14.2 Å². The van der Waals surface area contributed by atoms with Gasteiger partial charge in [0.15, 0.2) is 0 Å². The quantitative estimate of drug-likeness (QED) is 0.733. The maximum Gasteiger partial charge on any atom is 0.416 e. The molecule has 1 aliphatic heterocycles. The monoisotopic (exact) mass is 338 g/mol. The van der Waals surface area contributed by atoms with Crippen LogP contribution >= 0.6 is 0 Å². The van der Waals surface area contributed by atoms with Crippen molar-refractivity contribution < 1.29 is 27.4 Å². The molecule has 2 atom stereocenters. The van der Waals surface area contributed by atoms with Gasteiger partial charge in [-0.05, 0) is 35.4 Å². The van der Waals surface area contributed by atoms with Gasteiger partial charge in [-0.15, -0.1) is 0 Å². The van der Waals surface area contributed by atoms with Gasteiger partial charge >= 0.3 is 6.18 Å². The molecule has 2 aromatic rings. The molecule has 1 fully saturated rings. The highest BCUT2D eigenvalue weighted by Gasteiger charge is 2.40. The zero-order chi connectivity index (χ0) is 17.2. The number of rotatable bonds is 6. The predicted molar refractivity (Wildman–Crippen MR) is 81.7 cm³/mol. The molecule has 3 rings (SSSR count). The summed E-state index contributed by atoms with van der Waals surface area (Å²) in [5.74, 6) is 0.784. The first-order valence-electron chi connectivity index (χ1n) is 7.50. The van der Waals surface area contributed by atoms with Gasteiger partial charge in [-0.1, -0.05) is 24.3 Å². The second kappa shape index (κ2) is 6.83. The van der Waals surface area contributed by atoms with E-state index in [2.05, 4.69) is 0 Å². The minimum Gasteiger partial charge on any atom is -0.497 e. The normalized spacial score (nSPS) is 20.0. The van der Waals surface area contributed by atoms with E-state index in [1.165, 1.54) is 12.1 Å². The second-order valence-corrected chi connectivity index (χ2v) is 5.58. The molecule has 0 bridgehead atoms. The number of hydrogen-bond donors (Lipinski definition) is 0. The third-order valence-corrected chi connectivity index (χ3v) is 3.86. The van der Waals surface area contributed by atoms with Crippen molar-refractivity contribution in [2.24, 2.45) is 0 Å². The van der Waals surface area contributed by atoms with Crippen molar-refractivity contribution in [1.82, 2.24) is 0 Å². The minimum absolute atomic E-state index is 0.111. The van der Waals surface area contributed by atoms with Gasteiger partial charge < -0.3 is 14.2 Å². The molecule has 1 saturated heterocycles. The van der Waals surface area contributed by atoms with Gasteiger partial charge in [0.05, 0.1) is 25.9 Å². The Labute approximate surface area is 138 Å². The number of ether oxygens (including phenoxy) is 3. The van der Waals surface area contributed by atoms with Crippen molar-refractivity contribution in [2.45, 2.75) is 25.0 Å². The fourth-order valence-corrected chi connectivity index (χ4v) is 2.44. The lowest BCUT2D eigenvalue weighted by molar-refractivity contribution is -0.137. The molecule has 6 heteroatoms. The number of benzene rings is 2. The van der Waals surface area contributed by atoms with Gasteiger partial charge in [-0.2, -0.15) is 13.2 Å². The topological polar surface area (TPSA) is 31.0 Å². The van der Waals surface area contributed by atoms with Crippen LogP contribution in [0.3, 0.4) is 0 Å². The molecule has 0 spiro atoms. The summed E-state index contributed by atoms with van der Waals surface area (Å²) in [5.41, 5.74) is 1.10. The summed E-state index contributed by atoms with van der Waals surface area (Å²) in [6, 6.07) is 12.6. The van der Waals surface area contributed by atoms with Crippen LogP contribution in [0.5, 0.6) is 5.75 Å². The number of epoxide rings is 1. The smallest absolute Gasteiger partial charge is 0.416 e. The van der Waals surface area contributed by atoms with Crippen molar-refractivity contribution >= 4 is 0 Å². The average molecular weight is 338 g/mol. The lowest BCUT2D eigenvalue weighted by atomic mass is 10.1. The summed E-state index contributed by atoms with van der Waals surface area (Å²) in [7, 11) is 1.61. The molecule has 0 radical (unpaired) electrons. The Morgan fingerprint density at radius 2 is 1.67 bits per heavy atom. The maximum atomic E-state index is 12.5. The van der Waals surface area contributed by atoms with E-state index >= 15 is 0 Å². The average Bonchev–Trinajstić information content (AvgIpc) is 3.34. The Morgan fingerprint density at radius 3 is 2.25 bits per heavy atom. The van der Waals surface area contributed by atoms with Crippen LogP contribution < -0.4 is 4.74 Å². The molecular weight excluding hydrogens is 321 g/mol. The van der Waals surface area contributed by atoms with Gasteiger partial charge in [0, 0.05) is 0 Å². The summed E-state index contributed by atoms with van der Waals surface area (Å²) >= 11 is 0. The summed E-state index contributed by atoms with van der Waals surface area (Å²) in [6.45, 7) is 0.849. The lowest BCUT2D eigenvalue weighted by Crippen LogP contribution is -2.05. The fourth-order valence-electron chi connectivity index (χ4n) is 2.44. The van der Waals surface area contributed by atoms with Crippen molar-refractivity contribution in [1.29, 1.82) is 0 Å². The van der Waals surface area contributed by atoms with Gasteiger partial charge in [0.25, 0.3) is 0 Å². The third-order valence-electron chi connectivity index (χ3n) is 3.86. The molecule has 0 unspecified atom stereocenters. The third kappa shape index (κ3) is 4.07. The summed E-state index contributed by atoms with van der Waals surface area (Å²) in [4.78, 5) is 0. The molecule has 24 heavy (non-hydrogen) atoms. The Hall–Kier alpha value is -2.05. The molecule has 1 aliphatic rings. The fraction of sp³-hybridized carbons (Fsp3) is 0.333.